The maximum absolute atomic E-state index is 13.1. The third-order valence-electron chi connectivity index (χ3n) is 3.52. The van der Waals surface area contributed by atoms with Gasteiger partial charge in [-0.15, -0.1) is 0 Å². The van der Waals surface area contributed by atoms with Crippen molar-refractivity contribution in [2.45, 2.75) is 6.54 Å². The first-order valence-electron chi connectivity index (χ1n) is 7.41. The van der Waals surface area contributed by atoms with Crippen LogP contribution in [0.4, 0.5) is 10.1 Å². The molecule has 0 atom stereocenters. The highest BCUT2D eigenvalue weighted by molar-refractivity contribution is 5.91. The normalized spacial score (nSPS) is 10.8. The van der Waals surface area contributed by atoms with Crippen LogP contribution in [0.1, 0.15) is 11.1 Å². The summed E-state index contributed by atoms with van der Waals surface area (Å²) in [4.78, 5) is 15.8. The first kappa shape index (κ1) is 16.7. The fourth-order valence-electron chi connectivity index (χ4n) is 2.16. The molecule has 0 aliphatic rings. The van der Waals surface area contributed by atoms with Gasteiger partial charge in [0.15, 0.2) is 0 Å². The fourth-order valence-corrected chi connectivity index (χ4v) is 2.16. The van der Waals surface area contributed by atoms with Crippen LogP contribution in [0.15, 0.2) is 54.6 Å². The molecular weight excluding hydrogens is 291 g/mol. The van der Waals surface area contributed by atoms with Gasteiger partial charge in [0.25, 0.3) is 0 Å². The van der Waals surface area contributed by atoms with Gasteiger partial charge in [-0.3, -0.25) is 4.79 Å². The highest BCUT2D eigenvalue weighted by Gasteiger charge is 2.06. The number of hydrogen-bond acceptors (Lipinski definition) is 2. The molecule has 2 rings (SSSR count). The molecule has 0 unspecified atom stereocenters. The van der Waals surface area contributed by atoms with Crippen LogP contribution in [0.3, 0.4) is 0 Å². The van der Waals surface area contributed by atoms with Gasteiger partial charge in [-0.05, 0) is 41.5 Å². The number of carbonyl (C=O) groups excluding carboxylic acids is 1. The number of likely N-dealkylation sites (N-methyl/N-ethyl adjacent to an activating group) is 1. The van der Waals surface area contributed by atoms with E-state index in [1.54, 1.807) is 30.2 Å². The number of benzene rings is 2. The Kier molecular flexibility index (Phi) is 5.52. The zero-order valence-electron chi connectivity index (χ0n) is 13.7. The van der Waals surface area contributed by atoms with Crippen LogP contribution < -0.4 is 4.90 Å². The molecule has 0 bridgehead atoms. The highest BCUT2D eigenvalue weighted by atomic mass is 19.1. The van der Waals surface area contributed by atoms with Crippen molar-refractivity contribution in [3.63, 3.8) is 0 Å². The molecule has 0 fully saturated rings. The third-order valence-corrected chi connectivity index (χ3v) is 3.52. The van der Waals surface area contributed by atoms with Gasteiger partial charge in [0.2, 0.25) is 5.91 Å². The number of nitrogens with zero attached hydrogens (tertiary/aromatic N) is 2. The first-order valence-corrected chi connectivity index (χ1v) is 7.41. The zero-order chi connectivity index (χ0) is 16.8. The number of halogens is 1. The van der Waals surface area contributed by atoms with E-state index in [0.717, 1.165) is 11.3 Å². The van der Waals surface area contributed by atoms with Gasteiger partial charge < -0.3 is 9.80 Å². The Balaban J connectivity index is 1.97. The quantitative estimate of drug-likeness (QED) is 0.788. The number of hydrogen-bond donors (Lipinski definition) is 0. The second kappa shape index (κ2) is 7.58. The minimum atomic E-state index is -0.311. The number of amides is 1. The molecule has 0 radical (unpaired) electrons. The summed E-state index contributed by atoms with van der Waals surface area (Å²) in [5, 5.41) is 0. The topological polar surface area (TPSA) is 23.6 Å². The summed E-state index contributed by atoms with van der Waals surface area (Å²) in [5.41, 5.74) is 2.85. The van der Waals surface area contributed by atoms with E-state index in [-0.39, 0.29) is 11.7 Å². The maximum atomic E-state index is 13.1. The van der Waals surface area contributed by atoms with E-state index in [1.165, 1.54) is 18.2 Å². The van der Waals surface area contributed by atoms with Crippen molar-refractivity contribution in [2.24, 2.45) is 0 Å². The van der Waals surface area contributed by atoms with Gasteiger partial charge in [-0.1, -0.05) is 24.3 Å². The average Bonchev–Trinajstić information content (AvgIpc) is 2.53. The third kappa shape index (κ3) is 4.95. The molecule has 0 aliphatic heterocycles. The van der Waals surface area contributed by atoms with E-state index >= 15 is 0 Å². The van der Waals surface area contributed by atoms with Crippen molar-refractivity contribution < 1.29 is 9.18 Å². The number of carbonyl (C=O) groups is 1. The first-order chi connectivity index (χ1) is 11.0. The van der Waals surface area contributed by atoms with Crippen LogP contribution in [0, 0.1) is 5.82 Å². The van der Waals surface area contributed by atoms with Gasteiger partial charge in [-0.2, -0.15) is 0 Å². The van der Waals surface area contributed by atoms with E-state index < -0.39 is 0 Å². The summed E-state index contributed by atoms with van der Waals surface area (Å²) in [7, 11) is 5.72. The molecule has 120 valence electrons. The smallest absolute Gasteiger partial charge is 0.246 e. The predicted octanol–water partition coefficient (Wildman–Crippen LogP) is 3.56. The second-order valence-electron chi connectivity index (χ2n) is 5.64. The zero-order valence-corrected chi connectivity index (χ0v) is 13.7. The van der Waals surface area contributed by atoms with E-state index in [0.29, 0.717) is 12.1 Å². The number of anilines is 1. The van der Waals surface area contributed by atoms with Crippen molar-refractivity contribution in [3.8, 4) is 0 Å². The molecule has 2 aromatic rings. The largest absolute Gasteiger partial charge is 0.378 e. The maximum Gasteiger partial charge on any atom is 0.246 e. The van der Waals surface area contributed by atoms with Gasteiger partial charge >= 0.3 is 0 Å². The minimum Gasteiger partial charge on any atom is -0.378 e. The Labute approximate surface area is 136 Å². The Morgan fingerprint density at radius 3 is 2.39 bits per heavy atom. The molecule has 0 aliphatic carbocycles. The van der Waals surface area contributed by atoms with Crippen LogP contribution in [0.5, 0.6) is 0 Å². The molecule has 0 saturated carbocycles. The fraction of sp³-hybridized carbons (Fsp3) is 0.211. The van der Waals surface area contributed by atoms with E-state index in [9.17, 15) is 9.18 Å². The minimum absolute atomic E-state index is 0.119. The molecule has 23 heavy (non-hydrogen) atoms. The molecule has 1 amide bonds. The molecule has 0 aromatic heterocycles. The van der Waals surface area contributed by atoms with Crippen LogP contribution in [-0.2, 0) is 11.3 Å². The van der Waals surface area contributed by atoms with Gasteiger partial charge in [0, 0.05) is 39.5 Å². The van der Waals surface area contributed by atoms with E-state index in [2.05, 4.69) is 0 Å². The average molecular weight is 312 g/mol. The Bertz CT molecular complexity index is 693. The van der Waals surface area contributed by atoms with E-state index in [1.807, 2.05) is 43.3 Å². The predicted molar refractivity (Wildman–Crippen MR) is 92.7 cm³/mol. The van der Waals surface area contributed by atoms with Crippen molar-refractivity contribution in [2.75, 3.05) is 26.0 Å². The lowest BCUT2D eigenvalue weighted by molar-refractivity contribution is -0.125. The molecule has 3 nitrogen and oxygen atoms in total. The van der Waals surface area contributed by atoms with Gasteiger partial charge in [0.05, 0.1) is 0 Å². The molecular formula is C19H21FN2O. The molecule has 0 saturated heterocycles. The summed E-state index contributed by atoms with van der Waals surface area (Å²) < 4.78 is 13.1. The lowest BCUT2D eigenvalue weighted by atomic mass is 10.2. The highest BCUT2D eigenvalue weighted by Crippen LogP contribution is 2.13. The summed E-state index contributed by atoms with van der Waals surface area (Å²) in [6.07, 6.45) is 3.08. The summed E-state index contributed by atoms with van der Waals surface area (Å²) in [6, 6.07) is 14.2. The molecule has 2 aromatic carbocycles. The molecule has 0 spiro atoms. The van der Waals surface area contributed by atoms with Crippen molar-refractivity contribution in [1.29, 1.82) is 0 Å². The number of rotatable bonds is 5. The lowest BCUT2D eigenvalue weighted by Crippen LogP contribution is -2.24. The Hall–Kier alpha value is -2.62. The van der Waals surface area contributed by atoms with Gasteiger partial charge in [-0.25, -0.2) is 4.39 Å². The van der Waals surface area contributed by atoms with Crippen LogP contribution in [-0.4, -0.2) is 32.0 Å². The monoisotopic (exact) mass is 312 g/mol. The SMILES string of the molecule is CN(Cc1ccc(N(C)C)cc1)C(=O)/C=C/c1cccc(F)c1. The second-order valence-corrected chi connectivity index (χ2v) is 5.64. The van der Waals surface area contributed by atoms with Crippen LogP contribution in [0.2, 0.25) is 0 Å². The molecule has 4 heteroatoms. The molecule has 0 heterocycles. The van der Waals surface area contributed by atoms with Crippen LogP contribution in [0.25, 0.3) is 6.08 Å². The van der Waals surface area contributed by atoms with Crippen LogP contribution >= 0.6 is 0 Å². The van der Waals surface area contributed by atoms with Crippen molar-refractivity contribution in [3.05, 3.63) is 71.6 Å². The standard InChI is InChI=1S/C19H21FN2O/c1-21(2)18-10-7-16(8-11-18)14-22(3)19(23)12-9-15-5-4-6-17(20)13-15/h4-13H,14H2,1-3H3/b12-9+. The Morgan fingerprint density at radius 2 is 1.78 bits per heavy atom. The van der Waals surface area contributed by atoms with Crippen molar-refractivity contribution >= 4 is 17.7 Å². The van der Waals surface area contributed by atoms with Crippen molar-refractivity contribution in [1.82, 2.24) is 4.90 Å². The Morgan fingerprint density at radius 1 is 1.09 bits per heavy atom. The van der Waals surface area contributed by atoms with Gasteiger partial charge in [0.1, 0.15) is 5.82 Å². The summed E-state index contributed by atoms with van der Waals surface area (Å²) >= 11 is 0. The summed E-state index contributed by atoms with van der Waals surface area (Å²) in [6.45, 7) is 0.528. The van der Waals surface area contributed by atoms with E-state index in [4.69, 9.17) is 0 Å². The lowest BCUT2D eigenvalue weighted by Gasteiger charge is -2.17. The summed E-state index contributed by atoms with van der Waals surface area (Å²) in [5.74, 6) is -0.431. The molecule has 0 N–H and O–H groups in total.